The van der Waals surface area contributed by atoms with E-state index in [1.54, 1.807) is 0 Å². The zero-order valence-electron chi connectivity index (χ0n) is 5.78. The van der Waals surface area contributed by atoms with Gasteiger partial charge in [0.05, 0.1) is 11.5 Å². The lowest BCUT2D eigenvalue weighted by atomic mass is 10.3. The van der Waals surface area contributed by atoms with Gasteiger partial charge in [0.1, 0.15) is 4.32 Å². The Morgan fingerprint density at radius 2 is 2.27 bits per heavy atom. The predicted molar refractivity (Wildman–Crippen MR) is 51.8 cm³/mol. The smallest absolute Gasteiger partial charge is 0.152 e. The van der Waals surface area contributed by atoms with Crippen molar-refractivity contribution in [1.29, 1.82) is 0 Å². The average Bonchev–Trinajstić information content (AvgIpc) is 2.08. The third-order valence-corrected chi connectivity index (χ3v) is 3.57. The van der Waals surface area contributed by atoms with Crippen molar-refractivity contribution in [2.75, 3.05) is 11.5 Å². The third kappa shape index (κ3) is 2.96. The van der Waals surface area contributed by atoms with Crippen molar-refractivity contribution in [3.8, 4) is 0 Å². The third-order valence-electron chi connectivity index (χ3n) is 1.56. The molecule has 6 heteroatoms. The Kier molecular flexibility index (Phi) is 2.77. The van der Waals surface area contributed by atoms with Crippen LogP contribution in [0.1, 0.15) is 6.42 Å². The van der Waals surface area contributed by atoms with Crippen molar-refractivity contribution >= 4 is 39.0 Å². The zero-order valence-corrected chi connectivity index (χ0v) is 8.31. The molecule has 0 spiro atoms. The summed E-state index contributed by atoms with van der Waals surface area (Å²) in [6, 6.07) is -0.0231. The van der Waals surface area contributed by atoms with Crippen molar-refractivity contribution in [2.24, 2.45) is 0 Å². The minimum absolute atomic E-state index is 0.0231. The van der Waals surface area contributed by atoms with Crippen LogP contribution in [0.2, 0.25) is 0 Å². The van der Waals surface area contributed by atoms with Gasteiger partial charge in [0.25, 0.3) is 0 Å². The second kappa shape index (κ2) is 3.28. The summed E-state index contributed by atoms with van der Waals surface area (Å²) in [6.07, 6.45) is 0.642. The van der Waals surface area contributed by atoms with E-state index in [0.717, 1.165) is 0 Å². The summed E-state index contributed by atoms with van der Waals surface area (Å²) in [5.74, 6) is 0.453. The van der Waals surface area contributed by atoms with E-state index in [9.17, 15) is 8.42 Å². The van der Waals surface area contributed by atoms with Gasteiger partial charge in [-0.1, -0.05) is 12.2 Å². The summed E-state index contributed by atoms with van der Waals surface area (Å²) in [7, 11) is -2.80. The molecule has 0 amide bonds. The monoisotopic (exact) mass is 211 g/mol. The average molecular weight is 211 g/mol. The Balaban J connectivity index is 2.49. The SMILES string of the molecule is O=S1(=O)CCC(NC(=S)S)C1. The molecule has 1 aliphatic rings. The summed E-state index contributed by atoms with van der Waals surface area (Å²) in [6.45, 7) is 0. The Bertz CT molecular complexity index is 259. The van der Waals surface area contributed by atoms with Gasteiger partial charge < -0.3 is 5.32 Å². The molecule has 0 saturated carbocycles. The number of thiocarbonyl (C=S) groups is 1. The van der Waals surface area contributed by atoms with Crippen molar-refractivity contribution in [3.63, 3.8) is 0 Å². The standard InChI is InChI=1S/C5H9NO2S3/c7-11(8)2-1-4(3-11)6-5(9)10/h4H,1-3H2,(H2,6,9,10). The van der Waals surface area contributed by atoms with Crippen LogP contribution in [0.3, 0.4) is 0 Å². The molecular weight excluding hydrogens is 202 g/mol. The van der Waals surface area contributed by atoms with Crippen LogP contribution in [0.15, 0.2) is 0 Å². The van der Waals surface area contributed by atoms with Gasteiger partial charge in [-0.15, -0.1) is 12.6 Å². The van der Waals surface area contributed by atoms with E-state index in [0.29, 0.717) is 10.7 Å². The molecule has 1 aliphatic heterocycles. The van der Waals surface area contributed by atoms with Gasteiger partial charge in [0.2, 0.25) is 0 Å². The fourth-order valence-corrected chi connectivity index (χ4v) is 3.11. The van der Waals surface area contributed by atoms with Gasteiger partial charge in [-0.3, -0.25) is 0 Å². The number of rotatable bonds is 1. The molecule has 0 aromatic heterocycles. The Hall–Kier alpha value is 0.190. The molecule has 1 atom stereocenters. The molecule has 1 fully saturated rings. The summed E-state index contributed by atoms with van der Waals surface area (Å²) < 4.78 is 22.2. The summed E-state index contributed by atoms with van der Waals surface area (Å²) in [4.78, 5) is 0. The quantitative estimate of drug-likeness (QED) is 0.472. The first-order valence-corrected chi connectivity index (χ1v) is 5.87. The highest BCUT2D eigenvalue weighted by Gasteiger charge is 2.27. The molecule has 1 saturated heterocycles. The number of thiol groups is 1. The number of sulfone groups is 1. The molecule has 64 valence electrons. The highest BCUT2D eigenvalue weighted by atomic mass is 32.2. The maximum atomic E-state index is 10.9. The van der Waals surface area contributed by atoms with Gasteiger partial charge in [-0.25, -0.2) is 8.42 Å². The molecule has 3 nitrogen and oxygen atoms in total. The molecule has 0 bridgehead atoms. The normalized spacial score (nSPS) is 28.3. The Morgan fingerprint density at radius 3 is 2.64 bits per heavy atom. The van der Waals surface area contributed by atoms with E-state index in [1.807, 2.05) is 0 Å². The molecule has 0 aliphatic carbocycles. The number of nitrogens with one attached hydrogen (secondary N) is 1. The Morgan fingerprint density at radius 1 is 1.64 bits per heavy atom. The van der Waals surface area contributed by atoms with Gasteiger partial charge in [0, 0.05) is 6.04 Å². The van der Waals surface area contributed by atoms with E-state index in [-0.39, 0.29) is 17.5 Å². The van der Waals surface area contributed by atoms with Crippen LogP contribution in [0.25, 0.3) is 0 Å². The summed E-state index contributed by atoms with van der Waals surface area (Å²) in [5, 5.41) is 2.81. The van der Waals surface area contributed by atoms with Gasteiger partial charge in [0.15, 0.2) is 9.84 Å². The first-order valence-electron chi connectivity index (χ1n) is 3.19. The van der Waals surface area contributed by atoms with E-state index in [2.05, 4.69) is 30.2 Å². The molecule has 1 unspecified atom stereocenters. The van der Waals surface area contributed by atoms with Crippen LogP contribution in [0.5, 0.6) is 0 Å². The lowest BCUT2D eigenvalue weighted by Gasteiger charge is -2.08. The van der Waals surface area contributed by atoms with E-state index in [1.165, 1.54) is 0 Å². The van der Waals surface area contributed by atoms with Crippen LogP contribution >= 0.6 is 24.8 Å². The van der Waals surface area contributed by atoms with Crippen molar-refractivity contribution in [1.82, 2.24) is 5.32 Å². The van der Waals surface area contributed by atoms with Gasteiger partial charge >= 0.3 is 0 Å². The minimum Gasteiger partial charge on any atom is -0.367 e. The fraction of sp³-hybridized carbons (Fsp3) is 0.800. The second-order valence-electron chi connectivity index (χ2n) is 2.55. The van der Waals surface area contributed by atoms with E-state index in [4.69, 9.17) is 0 Å². The molecule has 1 heterocycles. The van der Waals surface area contributed by atoms with Crippen LogP contribution in [0.4, 0.5) is 0 Å². The van der Waals surface area contributed by atoms with Gasteiger partial charge in [-0.2, -0.15) is 0 Å². The zero-order chi connectivity index (χ0) is 8.48. The largest absolute Gasteiger partial charge is 0.367 e. The Labute approximate surface area is 76.9 Å². The van der Waals surface area contributed by atoms with E-state index >= 15 is 0 Å². The maximum absolute atomic E-state index is 10.9. The van der Waals surface area contributed by atoms with Crippen LogP contribution in [-0.2, 0) is 9.84 Å². The minimum atomic E-state index is -2.80. The van der Waals surface area contributed by atoms with Crippen LogP contribution < -0.4 is 5.32 Å². The molecule has 0 radical (unpaired) electrons. The maximum Gasteiger partial charge on any atom is 0.152 e. The first kappa shape index (κ1) is 9.28. The van der Waals surface area contributed by atoms with Crippen molar-refractivity contribution in [3.05, 3.63) is 0 Å². The molecular formula is C5H9NO2S3. The summed E-state index contributed by atoms with van der Waals surface area (Å²) >= 11 is 8.52. The van der Waals surface area contributed by atoms with Crippen molar-refractivity contribution in [2.45, 2.75) is 12.5 Å². The topological polar surface area (TPSA) is 46.2 Å². The predicted octanol–water partition coefficient (Wildman–Crippen LogP) is -0.0222. The molecule has 1 N–H and O–H groups in total. The molecule has 1 rings (SSSR count). The summed E-state index contributed by atoms with van der Waals surface area (Å²) in [5.41, 5.74) is 0. The lowest BCUT2D eigenvalue weighted by Crippen LogP contribution is -2.31. The van der Waals surface area contributed by atoms with Crippen molar-refractivity contribution < 1.29 is 8.42 Å². The lowest BCUT2D eigenvalue weighted by molar-refractivity contribution is 0.600. The highest BCUT2D eigenvalue weighted by Crippen LogP contribution is 2.11. The molecule has 11 heavy (non-hydrogen) atoms. The fourth-order valence-electron chi connectivity index (χ4n) is 1.08. The first-order chi connectivity index (χ1) is 4.99. The van der Waals surface area contributed by atoms with E-state index < -0.39 is 9.84 Å². The highest BCUT2D eigenvalue weighted by molar-refractivity contribution is 8.11. The molecule has 0 aromatic rings. The number of hydrogen-bond donors (Lipinski definition) is 2. The van der Waals surface area contributed by atoms with Crippen LogP contribution in [0, 0.1) is 0 Å². The van der Waals surface area contributed by atoms with Crippen LogP contribution in [-0.4, -0.2) is 30.3 Å². The van der Waals surface area contributed by atoms with Gasteiger partial charge in [-0.05, 0) is 6.42 Å². The second-order valence-corrected chi connectivity index (χ2v) is 5.94. The molecule has 0 aromatic carbocycles. The number of hydrogen-bond acceptors (Lipinski definition) is 3.